The molecule has 0 spiro atoms. The lowest BCUT2D eigenvalue weighted by Gasteiger charge is -2.20. The molecular formula is C9H21N3. The first-order chi connectivity index (χ1) is 5.68. The smallest absolute Gasteiger partial charge is 0.0167 e. The molecule has 3 nitrogen and oxygen atoms in total. The van der Waals surface area contributed by atoms with E-state index in [-0.39, 0.29) is 0 Å². The van der Waals surface area contributed by atoms with Gasteiger partial charge in [0.25, 0.3) is 0 Å². The summed E-state index contributed by atoms with van der Waals surface area (Å²) in [5.41, 5.74) is 0. The van der Waals surface area contributed by atoms with Gasteiger partial charge in [-0.2, -0.15) is 0 Å². The first kappa shape index (κ1) is 9.96. The molecule has 1 aliphatic rings. The van der Waals surface area contributed by atoms with E-state index in [4.69, 9.17) is 0 Å². The van der Waals surface area contributed by atoms with Crippen LogP contribution in [0.3, 0.4) is 0 Å². The average Bonchev–Trinajstić information content (AvgIpc) is 2.05. The summed E-state index contributed by atoms with van der Waals surface area (Å²) in [6.07, 6.45) is 0. The van der Waals surface area contributed by atoms with E-state index < -0.39 is 0 Å². The van der Waals surface area contributed by atoms with Crippen molar-refractivity contribution in [3.63, 3.8) is 0 Å². The van der Waals surface area contributed by atoms with Gasteiger partial charge in [-0.15, -0.1) is 0 Å². The summed E-state index contributed by atoms with van der Waals surface area (Å²) in [4.78, 5) is 4.76. The van der Waals surface area contributed by atoms with E-state index in [9.17, 15) is 0 Å². The Hall–Kier alpha value is -0.120. The largest absolute Gasteiger partial charge is 0.312 e. The molecule has 3 heteroatoms. The van der Waals surface area contributed by atoms with Crippen LogP contribution in [-0.2, 0) is 0 Å². The average molecular weight is 171 g/mol. The van der Waals surface area contributed by atoms with E-state index in [2.05, 4.69) is 36.1 Å². The minimum Gasteiger partial charge on any atom is -0.312 e. The minimum atomic E-state index is 0.626. The lowest BCUT2D eigenvalue weighted by molar-refractivity contribution is 0.269. The van der Waals surface area contributed by atoms with E-state index in [0.717, 1.165) is 19.6 Å². The maximum absolute atomic E-state index is 3.50. The molecule has 0 radical (unpaired) electrons. The fourth-order valence-electron chi connectivity index (χ4n) is 1.58. The standard InChI is InChI=1S/C9H21N3/c1-9-8-12(3)7-6-11(2)5-4-10-9/h9-10H,4-8H2,1-3H3. The zero-order valence-corrected chi connectivity index (χ0v) is 8.51. The molecule has 1 atom stereocenters. The van der Waals surface area contributed by atoms with Crippen LogP contribution in [0.25, 0.3) is 0 Å². The Balaban J connectivity index is 2.36. The molecule has 1 saturated heterocycles. The minimum absolute atomic E-state index is 0.626. The van der Waals surface area contributed by atoms with E-state index in [1.807, 2.05) is 0 Å². The Morgan fingerprint density at radius 3 is 2.50 bits per heavy atom. The van der Waals surface area contributed by atoms with Gasteiger partial charge in [0.2, 0.25) is 0 Å². The van der Waals surface area contributed by atoms with E-state index in [1.54, 1.807) is 0 Å². The predicted octanol–water partition coefficient (Wildman–Crippen LogP) is -0.158. The summed E-state index contributed by atoms with van der Waals surface area (Å²) in [5.74, 6) is 0. The second kappa shape index (κ2) is 4.80. The van der Waals surface area contributed by atoms with Crippen molar-refractivity contribution in [3.8, 4) is 0 Å². The molecule has 0 saturated carbocycles. The van der Waals surface area contributed by atoms with Crippen LogP contribution in [0.15, 0.2) is 0 Å². The van der Waals surface area contributed by atoms with Crippen LogP contribution >= 0.6 is 0 Å². The SMILES string of the molecule is CC1CN(C)CCN(C)CCN1. The van der Waals surface area contributed by atoms with Gasteiger partial charge in [-0.3, -0.25) is 0 Å². The molecule has 1 aliphatic heterocycles. The van der Waals surface area contributed by atoms with Crippen LogP contribution in [0.5, 0.6) is 0 Å². The quantitative estimate of drug-likeness (QED) is 0.546. The van der Waals surface area contributed by atoms with Crippen molar-refractivity contribution < 1.29 is 0 Å². The van der Waals surface area contributed by atoms with Gasteiger partial charge >= 0.3 is 0 Å². The second-order valence-electron chi connectivity index (χ2n) is 3.92. The number of rotatable bonds is 0. The molecule has 0 amide bonds. The van der Waals surface area contributed by atoms with Crippen molar-refractivity contribution in [1.82, 2.24) is 15.1 Å². The maximum atomic E-state index is 3.50. The zero-order valence-electron chi connectivity index (χ0n) is 8.51. The number of nitrogens with zero attached hydrogens (tertiary/aromatic N) is 2. The van der Waals surface area contributed by atoms with Crippen LogP contribution in [0, 0.1) is 0 Å². The first-order valence-electron chi connectivity index (χ1n) is 4.79. The fraction of sp³-hybridized carbons (Fsp3) is 1.00. The van der Waals surface area contributed by atoms with E-state index in [0.29, 0.717) is 6.04 Å². The Morgan fingerprint density at radius 1 is 1.08 bits per heavy atom. The summed E-state index contributed by atoms with van der Waals surface area (Å²) >= 11 is 0. The lowest BCUT2D eigenvalue weighted by atomic mass is 10.3. The molecule has 0 aromatic carbocycles. The van der Waals surface area contributed by atoms with Gasteiger partial charge in [-0.05, 0) is 21.0 Å². The van der Waals surface area contributed by atoms with Crippen molar-refractivity contribution in [3.05, 3.63) is 0 Å². The first-order valence-corrected chi connectivity index (χ1v) is 4.79. The van der Waals surface area contributed by atoms with Gasteiger partial charge in [-0.25, -0.2) is 0 Å². The molecule has 1 rings (SSSR count). The van der Waals surface area contributed by atoms with Gasteiger partial charge in [0.1, 0.15) is 0 Å². The molecule has 1 heterocycles. The van der Waals surface area contributed by atoms with Crippen molar-refractivity contribution in [2.24, 2.45) is 0 Å². The monoisotopic (exact) mass is 171 g/mol. The molecule has 0 bridgehead atoms. The van der Waals surface area contributed by atoms with Crippen molar-refractivity contribution in [2.75, 3.05) is 46.8 Å². The molecular weight excluding hydrogens is 150 g/mol. The summed E-state index contributed by atoms with van der Waals surface area (Å²) in [6, 6.07) is 0.626. The van der Waals surface area contributed by atoms with E-state index >= 15 is 0 Å². The van der Waals surface area contributed by atoms with Crippen LogP contribution in [0.4, 0.5) is 0 Å². The molecule has 1 N–H and O–H groups in total. The summed E-state index contributed by atoms with van der Waals surface area (Å²) in [7, 11) is 4.38. The maximum Gasteiger partial charge on any atom is 0.0167 e. The highest BCUT2D eigenvalue weighted by atomic mass is 15.2. The highest BCUT2D eigenvalue weighted by Gasteiger charge is 2.09. The Morgan fingerprint density at radius 2 is 1.75 bits per heavy atom. The predicted molar refractivity (Wildman–Crippen MR) is 52.5 cm³/mol. The Bertz CT molecular complexity index is 127. The van der Waals surface area contributed by atoms with Gasteiger partial charge in [-0.1, -0.05) is 0 Å². The topological polar surface area (TPSA) is 18.5 Å². The third kappa shape index (κ3) is 3.52. The fourth-order valence-corrected chi connectivity index (χ4v) is 1.58. The summed E-state index contributed by atoms with van der Waals surface area (Å²) < 4.78 is 0. The van der Waals surface area contributed by atoms with Crippen molar-refractivity contribution >= 4 is 0 Å². The second-order valence-corrected chi connectivity index (χ2v) is 3.92. The third-order valence-corrected chi connectivity index (χ3v) is 2.44. The molecule has 72 valence electrons. The molecule has 1 unspecified atom stereocenters. The third-order valence-electron chi connectivity index (χ3n) is 2.44. The summed E-state index contributed by atoms with van der Waals surface area (Å²) in [6.45, 7) is 8.06. The van der Waals surface area contributed by atoms with Crippen LogP contribution in [0.2, 0.25) is 0 Å². The number of nitrogens with one attached hydrogen (secondary N) is 1. The highest BCUT2D eigenvalue weighted by molar-refractivity contribution is 4.70. The summed E-state index contributed by atoms with van der Waals surface area (Å²) in [5, 5.41) is 3.50. The van der Waals surface area contributed by atoms with Gasteiger partial charge in [0.05, 0.1) is 0 Å². The molecule has 12 heavy (non-hydrogen) atoms. The molecule has 0 aliphatic carbocycles. The number of hydrogen-bond acceptors (Lipinski definition) is 3. The zero-order chi connectivity index (χ0) is 8.97. The van der Waals surface area contributed by atoms with Crippen LogP contribution < -0.4 is 5.32 Å². The van der Waals surface area contributed by atoms with Gasteiger partial charge in [0, 0.05) is 38.8 Å². The van der Waals surface area contributed by atoms with Gasteiger partial charge in [0.15, 0.2) is 0 Å². The number of likely N-dealkylation sites (N-methyl/N-ethyl adjacent to an activating group) is 2. The van der Waals surface area contributed by atoms with Gasteiger partial charge < -0.3 is 15.1 Å². The van der Waals surface area contributed by atoms with Crippen LogP contribution in [-0.4, -0.2) is 62.7 Å². The lowest BCUT2D eigenvalue weighted by Crippen LogP contribution is -2.37. The normalized spacial score (nSPS) is 30.8. The van der Waals surface area contributed by atoms with Crippen LogP contribution in [0.1, 0.15) is 6.92 Å². The number of hydrogen-bond donors (Lipinski definition) is 1. The Kier molecular flexibility index (Phi) is 3.98. The van der Waals surface area contributed by atoms with E-state index in [1.165, 1.54) is 13.1 Å². The van der Waals surface area contributed by atoms with Crippen molar-refractivity contribution in [2.45, 2.75) is 13.0 Å². The molecule has 0 aromatic heterocycles. The highest BCUT2D eigenvalue weighted by Crippen LogP contribution is 1.93. The Labute approximate surface area is 75.7 Å². The van der Waals surface area contributed by atoms with Crippen molar-refractivity contribution in [1.29, 1.82) is 0 Å². The molecule has 0 aromatic rings. The molecule has 1 fully saturated rings.